The Kier molecular flexibility index (Phi) is 6.87. The molecule has 8 heteroatoms. The van der Waals surface area contributed by atoms with Gasteiger partial charge in [-0.3, -0.25) is 4.79 Å². The van der Waals surface area contributed by atoms with E-state index in [1.807, 2.05) is 0 Å². The minimum Gasteiger partial charge on any atom is -0.469 e. The fourth-order valence-corrected chi connectivity index (χ4v) is 4.00. The first-order valence-corrected chi connectivity index (χ1v) is 8.24. The lowest BCUT2D eigenvalue weighted by atomic mass is 10.1. The first-order chi connectivity index (χ1) is 9.43. The highest BCUT2D eigenvalue weighted by atomic mass is 32.2. The van der Waals surface area contributed by atoms with Gasteiger partial charge in [0.25, 0.3) is 10.2 Å². The van der Waals surface area contributed by atoms with Crippen LogP contribution in [0.5, 0.6) is 0 Å². The van der Waals surface area contributed by atoms with Gasteiger partial charge in [0, 0.05) is 32.8 Å². The number of aliphatic hydroxyl groups excluding tert-OH is 1. The first-order valence-electron chi connectivity index (χ1n) is 6.84. The van der Waals surface area contributed by atoms with E-state index in [1.54, 1.807) is 0 Å². The molecule has 1 fully saturated rings. The number of ether oxygens (including phenoxy) is 1. The molecule has 1 N–H and O–H groups in total. The fraction of sp³-hybridized carbons (Fsp3) is 0.917. The van der Waals surface area contributed by atoms with Gasteiger partial charge in [-0.15, -0.1) is 0 Å². The number of carbonyl (C=O) groups is 1. The second-order valence-electron chi connectivity index (χ2n) is 4.93. The highest BCUT2D eigenvalue weighted by Crippen LogP contribution is 2.25. The van der Waals surface area contributed by atoms with Crippen molar-refractivity contribution in [3.05, 3.63) is 0 Å². The normalized spacial score (nSPS) is 20.5. The minimum atomic E-state index is -3.54. The zero-order valence-corrected chi connectivity index (χ0v) is 12.9. The molecule has 1 aliphatic rings. The van der Waals surface area contributed by atoms with Crippen LogP contribution in [0.1, 0.15) is 32.1 Å². The Morgan fingerprint density at radius 1 is 1.50 bits per heavy atom. The lowest BCUT2D eigenvalue weighted by Gasteiger charge is -2.28. The summed E-state index contributed by atoms with van der Waals surface area (Å²) in [5.74, 6) is -0.426. The highest BCUT2D eigenvalue weighted by molar-refractivity contribution is 7.86. The molecule has 0 aromatic carbocycles. The molecule has 0 amide bonds. The van der Waals surface area contributed by atoms with Crippen LogP contribution in [0.15, 0.2) is 0 Å². The summed E-state index contributed by atoms with van der Waals surface area (Å²) in [5, 5.41) is 8.87. The van der Waals surface area contributed by atoms with Gasteiger partial charge in [0.05, 0.1) is 13.5 Å². The topological polar surface area (TPSA) is 87.2 Å². The molecule has 0 aliphatic carbocycles. The van der Waals surface area contributed by atoms with E-state index in [1.165, 1.54) is 22.8 Å². The number of hydrogen-bond donors (Lipinski definition) is 1. The SMILES string of the molecule is COC(=O)CCN(C)S(=O)(=O)N1CCCC1CCCO. The third-order valence-corrected chi connectivity index (χ3v) is 5.61. The van der Waals surface area contributed by atoms with Crippen molar-refractivity contribution < 1.29 is 23.1 Å². The van der Waals surface area contributed by atoms with Crippen LogP contribution in [0.4, 0.5) is 0 Å². The van der Waals surface area contributed by atoms with Crippen LogP contribution in [0.3, 0.4) is 0 Å². The van der Waals surface area contributed by atoms with Gasteiger partial charge in [-0.1, -0.05) is 0 Å². The predicted molar refractivity (Wildman–Crippen MR) is 74.2 cm³/mol. The summed E-state index contributed by atoms with van der Waals surface area (Å²) in [6, 6.07) is -0.0484. The number of hydrogen-bond acceptors (Lipinski definition) is 5. The number of carbonyl (C=O) groups excluding carboxylic acids is 1. The van der Waals surface area contributed by atoms with Gasteiger partial charge in [-0.2, -0.15) is 17.0 Å². The molecule has 0 spiro atoms. The second-order valence-corrected chi connectivity index (χ2v) is 6.92. The van der Waals surface area contributed by atoms with Crippen molar-refractivity contribution in [2.45, 2.75) is 38.1 Å². The van der Waals surface area contributed by atoms with Crippen molar-refractivity contribution in [1.29, 1.82) is 0 Å². The molecule has 1 aliphatic heterocycles. The molecular formula is C12H24N2O5S. The van der Waals surface area contributed by atoms with Crippen molar-refractivity contribution in [3.8, 4) is 0 Å². The Hall–Kier alpha value is -0.700. The fourth-order valence-electron chi connectivity index (χ4n) is 2.37. The van der Waals surface area contributed by atoms with E-state index in [4.69, 9.17) is 5.11 Å². The maximum Gasteiger partial charge on any atom is 0.306 e. The van der Waals surface area contributed by atoms with E-state index in [0.717, 1.165) is 12.8 Å². The first kappa shape index (κ1) is 17.4. The summed E-state index contributed by atoms with van der Waals surface area (Å²) in [6.45, 7) is 0.682. The third kappa shape index (κ3) is 4.41. The zero-order chi connectivity index (χ0) is 15.2. The van der Waals surface area contributed by atoms with Gasteiger partial charge in [0.15, 0.2) is 0 Å². The summed E-state index contributed by atoms with van der Waals surface area (Å²) >= 11 is 0. The molecular weight excluding hydrogens is 284 g/mol. The molecule has 118 valence electrons. The van der Waals surface area contributed by atoms with Crippen molar-refractivity contribution in [1.82, 2.24) is 8.61 Å². The van der Waals surface area contributed by atoms with Crippen LogP contribution in [0.2, 0.25) is 0 Å². The number of esters is 1. The van der Waals surface area contributed by atoms with Crippen molar-refractivity contribution in [2.75, 3.05) is 33.9 Å². The molecule has 0 aromatic rings. The quantitative estimate of drug-likeness (QED) is 0.636. The molecule has 20 heavy (non-hydrogen) atoms. The number of nitrogens with zero attached hydrogens (tertiary/aromatic N) is 2. The van der Waals surface area contributed by atoms with E-state index >= 15 is 0 Å². The molecule has 0 radical (unpaired) electrons. The maximum atomic E-state index is 12.4. The van der Waals surface area contributed by atoms with Crippen LogP contribution < -0.4 is 0 Å². The van der Waals surface area contributed by atoms with Gasteiger partial charge in [0.2, 0.25) is 0 Å². The van der Waals surface area contributed by atoms with Gasteiger partial charge in [-0.25, -0.2) is 0 Å². The predicted octanol–water partition coefficient (Wildman–Crippen LogP) is -0.0370. The summed E-state index contributed by atoms with van der Waals surface area (Å²) in [7, 11) is -0.793. The van der Waals surface area contributed by atoms with Gasteiger partial charge in [-0.05, 0) is 25.7 Å². The van der Waals surface area contributed by atoms with E-state index < -0.39 is 16.2 Å². The standard InChI is InChI=1S/C12H24N2O5S/c1-13(9-7-12(16)19-2)20(17,18)14-8-3-5-11(14)6-4-10-15/h11,15H,3-10H2,1-2H3. The van der Waals surface area contributed by atoms with Crippen LogP contribution in [0, 0.1) is 0 Å². The van der Waals surface area contributed by atoms with E-state index in [9.17, 15) is 13.2 Å². The van der Waals surface area contributed by atoms with Gasteiger partial charge in [0.1, 0.15) is 0 Å². The Bertz CT molecular complexity index is 412. The summed E-state index contributed by atoms with van der Waals surface area (Å²) < 4.78 is 32.1. The highest BCUT2D eigenvalue weighted by Gasteiger charge is 2.36. The number of rotatable bonds is 8. The Morgan fingerprint density at radius 3 is 2.80 bits per heavy atom. The summed E-state index contributed by atoms with van der Waals surface area (Å²) in [4.78, 5) is 11.1. The summed E-state index contributed by atoms with van der Waals surface area (Å²) in [5.41, 5.74) is 0. The summed E-state index contributed by atoms with van der Waals surface area (Å²) in [6.07, 6.45) is 2.97. The number of methoxy groups -OCH3 is 1. The largest absolute Gasteiger partial charge is 0.469 e. The van der Waals surface area contributed by atoms with E-state index in [0.29, 0.717) is 19.4 Å². The monoisotopic (exact) mass is 308 g/mol. The molecule has 1 rings (SSSR count). The van der Waals surface area contributed by atoms with E-state index in [-0.39, 0.29) is 25.6 Å². The molecule has 0 saturated carbocycles. The Balaban J connectivity index is 2.63. The van der Waals surface area contributed by atoms with Gasteiger partial charge < -0.3 is 9.84 Å². The third-order valence-electron chi connectivity index (χ3n) is 3.57. The average molecular weight is 308 g/mol. The molecule has 1 atom stereocenters. The minimum absolute atomic E-state index is 0.0430. The average Bonchev–Trinajstić information content (AvgIpc) is 2.90. The molecule has 0 bridgehead atoms. The van der Waals surface area contributed by atoms with E-state index in [2.05, 4.69) is 4.74 Å². The molecule has 1 heterocycles. The van der Waals surface area contributed by atoms with Crippen LogP contribution in [-0.2, 0) is 19.7 Å². The number of aliphatic hydroxyl groups is 1. The molecule has 7 nitrogen and oxygen atoms in total. The smallest absolute Gasteiger partial charge is 0.306 e. The second kappa shape index (κ2) is 7.92. The maximum absolute atomic E-state index is 12.4. The molecule has 1 unspecified atom stereocenters. The van der Waals surface area contributed by atoms with Crippen molar-refractivity contribution in [3.63, 3.8) is 0 Å². The zero-order valence-electron chi connectivity index (χ0n) is 12.1. The Morgan fingerprint density at radius 2 is 2.20 bits per heavy atom. The Labute approximate surface area is 120 Å². The van der Waals surface area contributed by atoms with Crippen LogP contribution in [0.25, 0.3) is 0 Å². The van der Waals surface area contributed by atoms with Crippen molar-refractivity contribution >= 4 is 16.2 Å². The van der Waals surface area contributed by atoms with Crippen molar-refractivity contribution in [2.24, 2.45) is 0 Å². The van der Waals surface area contributed by atoms with Crippen LogP contribution >= 0.6 is 0 Å². The lowest BCUT2D eigenvalue weighted by Crippen LogP contribution is -2.45. The van der Waals surface area contributed by atoms with Gasteiger partial charge >= 0.3 is 5.97 Å². The lowest BCUT2D eigenvalue weighted by molar-refractivity contribution is -0.140. The molecule has 1 saturated heterocycles. The van der Waals surface area contributed by atoms with Crippen LogP contribution in [-0.4, -0.2) is 68.0 Å². The molecule has 0 aromatic heterocycles.